The first kappa shape index (κ1) is 20.2. The smallest absolute Gasteiger partial charge is 0.293 e. The number of imide groups is 1. The number of carbonyl (C=O) groups excluding carboxylic acids is 2. The average Bonchev–Trinajstić information content (AvgIpc) is 2.98. The zero-order chi connectivity index (χ0) is 21.3. The number of halogens is 1. The van der Waals surface area contributed by atoms with E-state index in [1.165, 1.54) is 6.07 Å². The predicted molar refractivity (Wildman–Crippen MR) is 118 cm³/mol. The Labute approximate surface area is 178 Å². The molecular formula is C24H20FNO3S. The number of carbonyl (C=O) groups is 2. The third kappa shape index (κ3) is 3.96. The van der Waals surface area contributed by atoms with Crippen LogP contribution < -0.4 is 4.74 Å². The maximum absolute atomic E-state index is 14.0. The molecule has 1 aliphatic heterocycles. The van der Waals surface area contributed by atoms with Crippen molar-refractivity contribution in [1.29, 1.82) is 0 Å². The topological polar surface area (TPSA) is 46.6 Å². The molecule has 0 radical (unpaired) electrons. The van der Waals surface area contributed by atoms with Crippen molar-refractivity contribution in [3.05, 3.63) is 82.5 Å². The van der Waals surface area contributed by atoms with E-state index in [2.05, 4.69) is 0 Å². The molecule has 3 aromatic rings. The monoisotopic (exact) mass is 421 g/mol. The van der Waals surface area contributed by atoms with Gasteiger partial charge in [-0.1, -0.05) is 48.5 Å². The van der Waals surface area contributed by atoms with Crippen molar-refractivity contribution in [2.24, 2.45) is 0 Å². The van der Waals surface area contributed by atoms with Gasteiger partial charge in [0.05, 0.1) is 17.6 Å². The predicted octanol–water partition coefficient (Wildman–Crippen LogP) is 6.00. The van der Waals surface area contributed by atoms with Crippen LogP contribution in [0.5, 0.6) is 5.75 Å². The fourth-order valence-corrected chi connectivity index (χ4v) is 4.17. The Morgan fingerprint density at radius 2 is 1.77 bits per heavy atom. The highest BCUT2D eigenvalue weighted by Crippen LogP contribution is 2.37. The summed E-state index contributed by atoms with van der Waals surface area (Å²) in [6.07, 6.45) is 1.65. The van der Waals surface area contributed by atoms with Crippen LogP contribution in [0, 0.1) is 5.82 Å². The number of benzene rings is 3. The van der Waals surface area contributed by atoms with E-state index in [1.54, 1.807) is 24.3 Å². The van der Waals surface area contributed by atoms with E-state index in [9.17, 15) is 14.0 Å². The highest BCUT2D eigenvalue weighted by Gasteiger charge is 2.35. The summed E-state index contributed by atoms with van der Waals surface area (Å²) >= 11 is 0.858. The van der Waals surface area contributed by atoms with Crippen LogP contribution in [0.25, 0.3) is 16.8 Å². The van der Waals surface area contributed by atoms with E-state index in [0.717, 1.165) is 33.0 Å². The summed E-state index contributed by atoms with van der Waals surface area (Å²) in [5, 5.41) is 1.52. The molecule has 6 heteroatoms. The summed E-state index contributed by atoms with van der Waals surface area (Å²) < 4.78 is 20.0. The molecular weight excluding hydrogens is 401 g/mol. The number of nitrogens with zero attached hydrogens (tertiary/aromatic N) is 1. The van der Waals surface area contributed by atoms with Crippen molar-refractivity contribution in [2.45, 2.75) is 26.5 Å². The van der Waals surface area contributed by atoms with Crippen LogP contribution in [0.15, 0.2) is 65.6 Å². The highest BCUT2D eigenvalue weighted by atomic mass is 32.2. The van der Waals surface area contributed by atoms with Gasteiger partial charge in [0, 0.05) is 11.1 Å². The number of rotatable bonds is 5. The number of hydrogen-bond donors (Lipinski definition) is 0. The fraction of sp³-hybridized carbons (Fsp3) is 0.167. The molecule has 1 fully saturated rings. The first-order valence-corrected chi connectivity index (χ1v) is 10.4. The van der Waals surface area contributed by atoms with Gasteiger partial charge in [-0.25, -0.2) is 4.39 Å². The van der Waals surface area contributed by atoms with Gasteiger partial charge in [-0.05, 0) is 54.6 Å². The van der Waals surface area contributed by atoms with Gasteiger partial charge in [0.15, 0.2) is 0 Å². The van der Waals surface area contributed by atoms with Gasteiger partial charge in [0.1, 0.15) is 11.6 Å². The van der Waals surface area contributed by atoms with Crippen LogP contribution in [-0.2, 0) is 11.3 Å². The second-order valence-corrected chi connectivity index (χ2v) is 8.22. The van der Waals surface area contributed by atoms with E-state index in [1.807, 2.05) is 50.2 Å². The van der Waals surface area contributed by atoms with Crippen LogP contribution in [0.2, 0.25) is 0 Å². The maximum atomic E-state index is 14.0. The molecule has 30 heavy (non-hydrogen) atoms. The minimum atomic E-state index is -0.442. The SMILES string of the molecule is CC(C)Oc1ccc2ccccc2c1/C=C1\SC(=O)N(Cc2ccccc2F)C1=O. The van der Waals surface area contributed by atoms with Gasteiger partial charge < -0.3 is 4.74 Å². The Morgan fingerprint density at radius 1 is 1.03 bits per heavy atom. The molecule has 1 saturated heterocycles. The molecule has 3 aromatic carbocycles. The fourth-order valence-electron chi connectivity index (χ4n) is 3.35. The van der Waals surface area contributed by atoms with Gasteiger partial charge in [-0.15, -0.1) is 0 Å². The number of fused-ring (bicyclic) bond motifs is 1. The van der Waals surface area contributed by atoms with Gasteiger partial charge in [-0.3, -0.25) is 14.5 Å². The van der Waals surface area contributed by atoms with Crippen LogP contribution >= 0.6 is 11.8 Å². The molecule has 4 nitrogen and oxygen atoms in total. The number of hydrogen-bond acceptors (Lipinski definition) is 4. The Morgan fingerprint density at radius 3 is 2.53 bits per heavy atom. The van der Waals surface area contributed by atoms with Crippen LogP contribution in [0.1, 0.15) is 25.0 Å². The molecule has 0 aromatic heterocycles. The molecule has 2 amide bonds. The van der Waals surface area contributed by atoms with Crippen LogP contribution in [-0.4, -0.2) is 22.2 Å². The largest absolute Gasteiger partial charge is 0.490 e. The number of thioether (sulfide) groups is 1. The summed E-state index contributed by atoms with van der Waals surface area (Å²) in [4.78, 5) is 26.8. The second kappa shape index (κ2) is 8.32. The van der Waals surface area contributed by atoms with Crippen LogP contribution in [0.3, 0.4) is 0 Å². The maximum Gasteiger partial charge on any atom is 0.293 e. The Bertz CT molecular complexity index is 1170. The zero-order valence-corrected chi connectivity index (χ0v) is 17.4. The lowest BCUT2D eigenvalue weighted by atomic mass is 10.0. The molecule has 0 unspecified atom stereocenters. The molecule has 0 bridgehead atoms. The minimum absolute atomic E-state index is 0.0468. The highest BCUT2D eigenvalue weighted by molar-refractivity contribution is 8.18. The van der Waals surface area contributed by atoms with E-state index in [-0.39, 0.29) is 12.6 Å². The molecule has 152 valence electrons. The van der Waals surface area contributed by atoms with Crippen LogP contribution in [0.4, 0.5) is 9.18 Å². The van der Waals surface area contributed by atoms with Crippen molar-refractivity contribution in [2.75, 3.05) is 0 Å². The van der Waals surface area contributed by atoms with Gasteiger partial charge >= 0.3 is 0 Å². The minimum Gasteiger partial charge on any atom is -0.490 e. The Kier molecular flexibility index (Phi) is 5.59. The second-order valence-electron chi connectivity index (χ2n) is 7.22. The average molecular weight is 421 g/mol. The molecule has 0 atom stereocenters. The molecule has 0 spiro atoms. The third-order valence-electron chi connectivity index (χ3n) is 4.73. The number of ether oxygens (including phenoxy) is 1. The summed E-state index contributed by atoms with van der Waals surface area (Å²) in [6.45, 7) is 3.77. The van der Waals surface area contributed by atoms with E-state index >= 15 is 0 Å². The molecule has 0 saturated carbocycles. The normalized spacial score (nSPS) is 15.6. The summed E-state index contributed by atoms with van der Waals surface area (Å²) in [7, 11) is 0. The third-order valence-corrected chi connectivity index (χ3v) is 5.64. The number of amides is 2. The summed E-state index contributed by atoms with van der Waals surface area (Å²) in [5.74, 6) is -0.233. The van der Waals surface area contributed by atoms with Crippen molar-refractivity contribution in [1.82, 2.24) is 4.90 Å². The Balaban J connectivity index is 1.73. The van der Waals surface area contributed by atoms with E-state index in [4.69, 9.17) is 4.74 Å². The summed E-state index contributed by atoms with van der Waals surface area (Å²) in [6, 6.07) is 17.8. The standard InChI is InChI=1S/C24H20FNO3S/c1-15(2)29-21-12-11-16-7-3-5-9-18(16)19(21)13-22-23(27)26(24(28)30-22)14-17-8-4-6-10-20(17)25/h3-13,15H,14H2,1-2H3/b22-13-. The first-order valence-electron chi connectivity index (χ1n) is 9.61. The van der Waals surface area contributed by atoms with Gasteiger partial charge in [0.25, 0.3) is 11.1 Å². The lowest BCUT2D eigenvalue weighted by molar-refractivity contribution is -0.123. The van der Waals surface area contributed by atoms with Crippen molar-refractivity contribution >= 4 is 39.8 Å². The molecule has 4 rings (SSSR count). The van der Waals surface area contributed by atoms with Crippen molar-refractivity contribution in [3.8, 4) is 5.75 Å². The van der Waals surface area contributed by atoms with Gasteiger partial charge in [-0.2, -0.15) is 0 Å². The summed E-state index contributed by atoms with van der Waals surface area (Å²) in [5.41, 5.74) is 1.05. The molecule has 1 heterocycles. The van der Waals surface area contributed by atoms with E-state index < -0.39 is 17.0 Å². The molecule has 1 aliphatic rings. The lowest BCUT2D eigenvalue weighted by Crippen LogP contribution is -2.27. The van der Waals surface area contributed by atoms with Crippen molar-refractivity contribution in [3.63, 3.8) is 0 Å². The van der Waals surface area contributed by atoms with Gasteiger partial charge in [0.2, 0.25) is 0 Å². The molecule has 0 N–H and O–H groups in total. The Hall–Kier alpha value is -3.12. The zero-order valence-electron chi connectivity index (χ0n) is 16.6. The first-order chi connectivity index (χ1) is 14.4. The van der Waals surface area contributed by atoms with E-state index in [0.29, 0.717) is 16.2 Å². The quantitative estimate of drug-likeness (QED) is 0.474. The lowest BCUT2D eigenvalue weighted by Gasteiger charge is -2.15. The van der Waals surface area contributed by atoms with Crippen molar-refractivity contribution < 1.29 is 18.7 Å². The molecule has 0 aliphatic carbocycles.